The fourth-order valence-corrected chi connectivity index (χ4v) is 3.32. The topological polar surface area (TPSA) is 49.4 Å². The van der Waals surface area contributed by atoms with Gasteiger partial charge >= 0.3 is 0 Å². The normalized spacial score (nSPS) is 14.7. The van der Waals surface area contributed by atoms with E-state index in [0.717, 1.165) is 17.8 Å². The molecule has 1 N–H and O–H groups in total. The Kier molecular flexibility index (Phi) is 6.90. The number of unbranched alkanes of at least 4 members (excludes halogenated alkanes) is 5. The van der Waals surface area contributed by atoms with E-state index in [1.165, 1.54) is 43.4 Å². The molecule has 4 nitrogen and oxygen atoms in total. The summed E-state index contributed by atoms with van der Waals surface area (Å²) in [5, 5.41) is 4.90. The molecule has 0 bridgehead atoms. The van der Waals surface area contributed by atoms with Crippen LogP contribution < -0.4 is 5.32 Å². The Balaban J connectivity index is 1.54. The molecule has 1 aliphatic heterocycles. The van der Waals surface area contributed by atoms with Crippen LogP contribution in [-0.2, 0) is 4.79 Å². The number of likely N-dealkylation sites (tertiary alicyclic amines) is 1. The van der Waals surface area contributed by atoms with Crippen LogP contribution in [0.4, 0.5) is 0 Å². The molecule has 0 atom stereocenters. The Morgan fingerprint density at radius 2 is 1.95 bits per heavy atom. The van der Waals surface area contributed by atoms with Crippen LogP contribution in [0.2, 0.25) is 0 Å². The molecule has 0 unspecified atom stereocenters. The number of rotatable bonds is 9. The van der Waals surface area contributed by atoms with Crippen molar-refractivity contribution in [2.75, 3.05) is 19.6 Å². The third kappa shape index (κ3) is 4.83. The predicted octanol–water partition coefficient (Wildman–Crippen LogP) is 3.30. The number of hydrogen-bond acceptors (Lipinski definition) is 3. The summed E-state index contributed by atoms with van der Waals surface area (Å²) in [5.41, 5.74) is 0. The first kappa shape index (κ1) is 17.0. The molecule has 0 aliphatic carbocycles. The van der Waals surface area contributed by atoms with E-state index < -0.39 is 0 Å². The van der Waals surface area contributed by atoms with Crippen molar-refractivity contribution in [1.82, 2.24) is 10.2 Å². The van der Waals surface area contributed by atoms with Gasteiger partial charge in [0.1, 0.15) is 0 Å². The van der Waals surface area contributed by atoms with Gasteiger partial charge in [0.25, 0.3) is 5.91 Å². The van der Waals surface area contributed by atoms with Gasteiger partial charge in [-0.3, -0.25) is 9.59 Å². The maximum atomic E-state index is 12.0. The van der Waals surface area contributed by atoms with Gasteiger partial charge in [-0.1, -0.05) is 45.1 Å². The summed E-state index contributed by atoms with van der Waals surface area (Å²) in [5.74, 6) is 0.128. The van der Waals surface area contributed by atoms with E-state index in [-0.39, 0.29) is 17.7 Å². The van der Waals surface area contributed by atoms with Crippen molar-refractivity contribution in [3.63, 3.8) is 0 Å². The number of thiophene rings is 1. The Morgan fingerprint density at radius 3 is 2.64 bits per heavy atom. The fourth-order valence-electron chi connectivity index (χ4n) is 2.63. The molecule has 0 radical (unpaired) electrons. The minimum atomic E-state index is -0.0241. The van der Waals surface area contributed by atoms with Crippen LogP contribution in [0.25, 0.3) is 0 Å². The van der Waals surface area contributed by atoms with Crippen molar-refractivity contribution < 1.29 is 9.59 Å². The van der Waals surface area contributed by atoms with Gasteiger partial charge in [-0.15, -0.1) is 11.3 Å². The van der Waals surface area contributed by atoms with Crippen LogP contribution in [-0.4, -0.2) is 36.3 Å². The van der Waals surface area contributed by atoms with Gasteiger partial charge in [-0.2, -0.15) is 0 Å². The Labute approximate surface area is 136 Å². The van der Waals surface area contributed by atoms with Gasteiger partial charge in [-0.05, 0) is 17.9 Å². The van der Waals surface area contributed by atoms with Crippen LogP contribution in [0.15, 0.2) is 17.5 Å². The van der Waals surface area contributed by atoms with Crippen molar-refractivity contribution in [2.45, 2.75) is 45.4 Å². The van der Waals surface area contributed by atoms with E-state index in [2.05, 4.69) is 12.2 Å². The van der Waals surface area contributed by atoms with Crippen molar-refractivity contribution in [2.24, 2.45) is 5.92 Å². The molecule has 1 saturated heterocycles. The van der Waals surface area contributed by atoms with Gasteiger partial charge in [0.2, 0.25) is 5.91 Å². The molecule has 0 saturated carbocycles. The summed E-state index contributed by atoms with van der Waals surface area (Å²) in [6.07, 6.45) is 7.37. The first-order chi connectivity index (χ1) is 10.7. The van der Waals surface area contributed by atoms with Gasteiger partial charge in [0, 0.05) is 19.6 Å². The molecule has 5 heteroatoms. The number of carbonyl (C=O) groups is 2. The number of carbonyl (C=O) groups excluding carboxylic acids is 2. The maximum Gasteiger partial charge on any atom is 0.263 e. The average Bonchev–Trinajstić information content (AvgIpc) is 2.99. The molecule has 0 aromatic carbocycles. The quantitative estimate of drug-likeness (QED) is 0.709. The SMILES string of the molecule is CCCCCCCCNC(=O)C1CN(C(=O)c2cccs2)C1. The van der Waals surface area contributed by atoms with E-state index in [4.69, 9.17) is 0 Å². The first-order valence-electron chi connectivity index (χ1n) is 8.33. The van der Waals surface area contributed by atoms with Gasteiger partial charge in [-0.25, -0.2) is 0 Å². The lowest BCUT2D eigenvalue weighted by Crippen LogP contribution is -2.55. The number of nitrogens with zero attached hydrogens (tertiary/aromatic N) is 1. The zero-order valence-electron chi connectivity index (χ0n) is 13.3. The highest BCUT2D eigenvalue weighted by Crippen LogP contribution is 2.21. The van der Waals surface area contributed by atoms with E-state index in [1.54, 1.807) is 4.90 Å². The third-order valence-corrected chi connectivity index (χ3v) is 4.96. The molecule has 22 heavy (non-hydrogen) atoms. The zero-order chi connectivity index (χ0) is 15.8. The van der Waals surface area contributed by atoms with Crippen molar-refractivity contribution in [1.29, 1.82) is 0 Å². The molecule has 2 rings (SSSR count). The summed E-state index contributed by atoms with van der Waals surface area (Å²) in [7, 11) is 0. The number of nitrogens with one attached hydrogen (secondary N) is 1. The molecule has 1 fully saturated rings. The molecule has 122 valence electrons. The summed E-state index contributed by atoms with van der Waals surface area (Å²) in [6.45, 7) is 4.09. The second-order valence-electron chi connectivity index (χ2n) is 5.94. The molecular weight excluding hydrogens is 296 g/mol. The fraction of sp³-hybridized carbons (Fsp3) is 0.647. The lowest BCUT2D eigenvalue weighted by atomic mass is 9.99. The summed E-state index contributed by atoms with van der Waals surface area (Å²) in [4.78, 5) is 26.5. The molecule has 1 aromatic rings. The lowest BCUT2D eigenvalue weighted by molar-refractivity contribution is -0.128. The standard InChI is InChI=1S/C17H26N2O2S/c1-2-3-4-5-6-7-10-18-16(20)14-12-19(13-14)17(21)15-9-8-11-22-15/h8-9,11,14H,2-7,10,12-13H2,1H3,(H,18,20). The average molecular weight is 322 g/mol. The Hall–Kier alpha value is -1.36. The first-order valence-corrected chi connectivity index (χ1v) is 9.20. The van der Waals surface area contributed by atoms with E-state index in [1.807, 2.05) is 17.5 Å². The van der Waals surface area contributed by atoms with E-state index >= 15 is 0 Å². The monoisotopic (exact) mass is 322 g/mol. The summed E-state index contributed by atoms with van der Waals surface area (Å²) >= 11 is 1.45. The Bertz CT molecular complexity index is 467. The van der Waals surface area contributed by atoms with E-state index in [9.17, 15) is 9.59 Å². The van der Waals surface area contributed by atoms with Crippen molar-refractivity contribution in [3.05, 3.63) is 22.4 Å². The number of hydrogen-bond donors (Lipinski definition) is 1. The minimum Gasteiger partial charge on any atom is -0.356 e. The van der Waals surface area contributed by atoms with Crippen LogP contribution >= 0.6 is 11.3 Å². The minimum absolute atomic E-state index is 0.0241. The Morgan fingerprint density at radius 1 is 1.23 bits per heavy atom. The van der Waals surface area contributed by atoms with Crippen LogP contribution in [0.3, 0.4) is 0 Å². The largest absolute Gasteiger partial charge is 0.356 e. The van der Waals surface area contributed by atoms with Crippen LogP contribution in [0.1, 0.15) is 55.1 Å². The highest BCUT2D eigenvalue weighted by molar-refractivity contribution is 7.12. The number of amides is 2. The van der Waals surface area contributed by atoms with Gasteiger partial charge in [0.05, 0.1) is 10.8 Å². The maximum absolute atomic E-state index is 12.0. The third-order valence-electron chi connectivity index (χ3n) is 4.10. The van der Waals surface area contributed by atoms with Crippen LogP contribution in [0.5, 0.6) is 0 Å². The van der Waals surface area contributed by atoms with E-state index in [0.29, 0.717) is 13.1 Å². The van der Waals surface area contributed by atoms with Gasteiger partial charge < -0.3 is 10.2 Å². The van der Waals surface area contributed by atoms with Crippen molar-refractivity contribution in [3.8, 4) is 0 Å². The molecule has 1 aliphatic rings. The molecule has 2 heterocycles. The van der Waals surface area contributed by atoms with Crippen LogP contribution in [0, 0.1) is 5.92 Å². The lowest BCUT2D eigenvalue weighted by Gasteiger charge is -2.37. The smallest absolute Gasteiger partial charge is 0.263 e. The second-order valence-corrected chi connectivity index (χ2v) is 6.89. The molecular formula is C17H26N2O2S. The highest BCUT2D eigenvalue weighted by Gasteiger charge is 2.35. The predicted molar refractivity (Wildman–Crippen MR) is 90.1 cm³/mol. The molecule has 2 amide bonds. The van der Waals surface area contributed by atoms with Gasteiger partial charge in [0.15, 0.2) is 0 Å². The molecule has 0 spiro atoms. The highest BCUT2D eigenvalue weighted by atomic mass is 32.1. The molecule has 1 aromatic heterocycles. The second kappa shape index (κ2) is 8.93. The van der Waals surface area contributed by atoms with Crippen molar-refractivity contribution >= 4 is 23.2 Å². The summed E-state index contributed by atoms with van der Waals surface area (Å²) < 4.78 is 0. The zero-order valence-corrected chi connectivity index (χ0v) is 14.2. The summed E-state index contributed by atoms with van der Waals surface area (Å²) in [6, 6.07) is 3.71.